The lowest BCUT2D eigenvalue weighted by molar-refractivity contribution is -0.384. The summed E-state index contributed by atoms with van der Waals surface area (Å²) in [6.45, 7) is 1.81. The molecule has 0 aliphatic carbocycles. The van der Waals surface area contributed by atoms with E-state index in [0.717, 1.165) is 0 Å². The summed E-state index contributed by atoms with van der Waals surface area (Å²) in [5.41, 5.74) is 1.65. The summed E-state index contributed by atoms with van der Waals surface area (Å²) in [5, 5.41) is 27.6. The van der Waals surface area contributed by atoms with Crippen molar-refractivity contribution in [2.24, 2.45) is 7.05 Å². The van der Waals surface area contributed by atoms with E-state index in [2.05, 4.69) is 25.8 Å². The molecule has 0 saturated carbocycles. The molecule has 2 heterocycles. The van der Waals surface area contributed by atoms with Crippen LogP contribution in [0.15, 0.2) is 65.1 Å². The Morgan fingerprint density at radius 2 is 1.94 bits per heavy atom. The van der Waals surface area contributed by atoms with Gasteiger partial charge in [-0.15, -0.1) is 21.5 Å². The lowest BCUT2D eigenvalue weighted by Crippen LogP contribution is -2.28. The topological polar surface area (TPSA) is 145 Å². The van der Waals surface area contributed by atoms with Crippen LogP contribution in [0.3, 0.4) is 0 Å². The second-order valence-electron chi connectivity index (χ2n) is 7.64. The average molecular weight is 524 g/mol. The third kappa shape index (κ3) is 5.93. The van der Waals surface area contributed by atoms with Crippen LogP contribution in [0.5, 0.6) is 0 Å². The number of thiazole rings is 1. The van der Waals surface area contributed by atoms with Crippen LogP contribution in [0.1, 0.15) is 29.1 Å². The van der Waals surface area contributed by atoms with Crippen LogP contribution < -0.4 is 10.6 Å². The number of hydrogen-bond donors (Lipinski definition) is 2. The van der Waals surface area contributed by atoms with Crippen LogP contribution in [0.25, 0.3) is 11.3 Å². The summed E-state index contributed by atoms with van der Waals surface area (Å²) in [6.07, 6.45) is 0. The fourth-order valence-electron chi connectivity index (χ4n) is 3.29. The molecule has 184 valence electrons. The summed E-state index contributed by atoms with van der Waals surface area (Å²) in [4.78, 5) is 39.8. The maximum absolute atomic E-state index is 12.5. The van der Waals surface area contributed by atoms with Gasteiger partial charge in [0.05, 0.1) is 22.4 Å². The number of benzene rings is 2. The number of nitrogens with one attached hydrogen (secondary N) is 2. The third-order valence-electron chi connectivity index (χ3n) is 5.08. The van der Waals surface area contributed by atoms with Crippen molar-refractivity contribution in [1.82, 2.24) is 25.1 Å². The maximum Gasteiger partial charge on any atom is 0.270 e. The predicted octanol–water partition coefficient (Wildman–Crippen LogP) is 4.07. The fraction of sp³-hybridized carbons (Fsp3) is 0.174. The van der Waals surface area contributed by atoms with Gasteiger partial charge in [-0.05, 0) is 19.1 Å². The second kappa shape index (κ2) is 11.1. The van der Waals surface area contributed by atoms with E-state index in [0.29, 0.717) is 32.9 Å². The number of carbonyl (C=O) groups is 2. The van der Waals surface area contributed by atoms with Gasteiger partial charge in [0.2, 0.25) is 5.91 Å². The normalized spacial score (nSPS) is 11.6. The molecule has 13 heteroatoms. The van der Waals surface area contributed by atoms with E-state index < -0.39 is 4.92 Å². The number of nitrogens with zero attached hydrogens (tertiary/aromatic N) is 5. The molecule has 36 heavy (non-hydrogen) atoms. The van der Waals surface area contributed by atoms with Crippen molar-refractivity contribution in [3.63, 3.8) is 0 Å². The molecule has 2 N–H and O–H groups in total. The van der Waals surface area contributed by atoms with E-state index >= 15 is 0 Å². The van der Waals surface area contributed by atoms with Crippen molar-refractivity contribution in [2.45, 2.75) is 18.1 Å². The smallest absolute Gasteiger partial charge is 0.270 e. The van der Waals surface area contributed by atoms with Crippen LogP contribution in [0.4, 0.5) is 10.8 Å². The molecular weight excluding hydrogens is 502 g/mol. The number of rotatable bonds is 9. The van der Waals surface area contributed by atoms with Crippen molar-refractivity contribution in [1.29, 1.82) is 0 Å². The molecule has 0 radical (unpaired) electrons. The number of anilines is 1. The number of carbonyl (C=O) groups excluding carboxylic acids is 2. The summed E-state index contributed by atoms with van der Waals surface area (Å²) >= 11 is 2.43. The lowest BCUT2D eigenvalue weighted by atomic mass is 10.1. The van der Waals surface area contributed by atoms with Crippen LogP contribution in [-0.2, 0) is 11.8 Å². The van der Waals surface area contributed by atoms with Gasteiger partial charge < -0.3 is 15.2 Å². The summed E-state index contributed by atoms with van der Waals surface area (Å²) in [7, 11) is 1.77. The Labute approximate surface area is 214 Å². The van der Waals surface area contributed by atoms with E-state index in [1.54, 1.807) is 53.4 Å². The molecule has 0 fully saturated rings. The minimum atomic E-state index is -0.467. The Morgan fingerprint density at radius 1 is 1.17 bits per heavy atom. The van der Waals surface area contributed by atoms with Gasteiger partial charge in [-0.25, -0.2) is 4.98 Å². The fourth-order valence-corrected chi connectivity index (χ4v) is 4.74. The molecule has 0 aliphatic heterocycles. The highest BCUT2D eigenvalue weighted by atomic mass is 32.2. The van der Waals surface area contributed by atoms with E-state index in [4.69, 9.17) is 0 Å². The van der Waals surface area contributed by atoms with Gasteiger partial charge >= 0.3 is 0 Å². The van der Waals surface area contributed by atoms with Crippen LogP contribution in [0.2, 0.25) is 0 Å². The Kier molecular flexibility index (Phi) is 7.71. The van der Waals surface area contributed by atoms with Crippen molar-refractivity contribution < 1.29 is 14.5 Å². The largest absolute Gasteiger partial charge is 0.342 e. The first-order chi connectivity index (χ1) is 17.3. The number of nitro groups is 1. The zero-order valence-corrected chi connectivity index (χ0v) is 20.9. The van der Waals surface area contributed by atoms with Crippen molar-refractivity contribution >= 4 is 45.7 Å². The van der Waals surface area contributed by atoms with Crippen molar-refractivity contribution in [3.05, 3.63) is 81.5 Å². The standard InChI is InChI=1S/C23H21N7O4S2/c1-14(24-21(32)15-7-4-3-5-8-15)20-27-28-23(29(20)2)36-13-19(31)26-22-25-18(12-35-22)16-9-6-10-17(11-16)30(33)34/h3-12,14H,13H2,1-2H3,(H,24,32)(H,25,26,31)/t14-/m0/s1. The predicted molar refractivity (Wildman–Crippen MR) is 137 cm³/mol. The molecule has 0 aliphatic rings. The van der Waals surface area contributed by atoms with E-state index in [1.165, 1.54) is 35.2 Å². The number of amides is 2. The molecule has 4 aromatic rings. The molecule has 2 amide bonds. The lowest BCUT2D eigenvalue weighted by Gasteiger charge is -2.13. The van der Waals surface area contributed by atoms with E-state index in [1.807, 2.05) is 13.0 Å². The number of hydrogen-bond acceptors (Lipinski definition) is 9. The maximum atomic E-state index is 12.5. The molecule has 0 saturated heterocycles. The van der Waals surface area contributed by atoms with Gasteiger partial charge in [-0.2, -0.15) is 0 Å². The molecule has 2 aromatic heterocycles. The van der Waals surface area contributed by atoms with Gasteiger partial charge in [-0.3, -0.25) is 19.7 Å². The Balaban J connectivity index is 1.32. The first-order valence-electron chi connectivity index (χ1n) is 10.7. The van der Waals surface area contributed by atoms with Gasteiger partial charge in [0, 0.05) is 35.7 Å². The molecule has 0 spiro atoms. The number of non-ortho nitro benzene ring substituents is 1. The monoisotopic (exact) mass is 523 g/mol. The Bertz CT molecular complexity index is 1400. The summed E-state index contributed by atoms with van der Waals surface area (Å²) in [5.74, 6) is 0.133. The molecule has 0 bridgehead atoms. The minimum Gasteiger partial charge on any atom is -0.342 e. The van der Waals surface area contributed by atoms with Gasteiger partial charge in [-0.1, -0.05) is 42.1 Å². The Hall–Kier alpha value is -4.10. The third-order valence-corrected chi connectivity index (χ3v) is 6.85. The zero-order chi connectivity index (χ0) is 25.7. The summed E-state index contributed by atoms with van der Waals surface area (Å²) in [6, 6.07) is 14.7. The average Bonchev–Trinajstić information content (AvgIpc) is 3.49. The number of aromatic nitrogens is 4. The van der Waals surface area contributed by atoms with Gasteiger partial charge in [0.15, 0.2) is 16.1 Å². The number of nitro benzene ring substituents is 1. The molecular formula is C23H21N7O4S2. The zero-order valence-electron chi connectivity index (χ0n) is 19.2. The highest BCUT2D eigenvalue weighted by Gasteiger charge is 2.19. The minimum absolute atomic E-state index is 0.0283. The van der Waals surface area contributed by atoms with Gasteiger partial charge in [0.1, 0.15) is 0 Å². The highest BCUT2D eigenvalue weighted by molar-refractivity contribution is 7.99. The molecule has 2 aromatic carbocycles. The molecule has 0 unspecified atom stereocenters. The second-order valence-corrected chi connectivity index (χ2v) is 9.44. The molecule has 11 nitrogen and oxygen atoms in total. The highest BCUT2D eigenvalue weighted by Crippen LogP contribution is 2.28. The van der Waals surface area contributed by atoms with Gasteiger partial charge in [0.25, 0.3) is 11.6 Å². The Morgan fingerprint density at radius 3 is 2.69 bits per heavy atom. The SMILES string of the molecule is C[C@H](NC(=O)c1ccccc1)c1nnc(SCC(=O)Nc2nc(-c3cccc([N+](=O)[O-])c3)cs2)n1C. The first-order valence-corrected chi connectivity index (χ1v) is 12.6. The number of thioether (sulfide) groups is 1. The van der Waals surface area contributed by atoms with Crippen LogP contribution in [0, 0.1) is 10.1 Å². The first kappa shape index (κ1) is 25.0. The molecule has 1 atom stereocenters. The molecule has 4 rings (SSSR count). The quantitative estimate of drug-likeness (QED) is 0.190. The van der Waals surface area contributed by atoms with E-state index in [9.17, 15) is 19.7 Å². The van der Waals surface area contributed by atoms with Crippen molar-refractivity contribution in [3.8, 4) is 11.3 Å². The summed E-state index contributed by atoms with van der Waals surface area (Å²) < 4.78 is 1.73. The van der Waals surface area contributed by atoms with Crippen LogP contribution in [-0.4, -0.2) is 42.2 Å². The van der Waals surface area contributed by atoms with Crippen LogP contribution >= 0.6 is 23.1 Å². The van der Waals surface area contributed by atoms with Crippen molar-refractivity contribution in [2.75, 3.05) is 11.1 Å². The van der Waals surface area contributed by atoms with E-state index in [-0.39, 0.29) is 29.3 Å².